The molecule has 98 valence electrons. The van der Waals surface area contributed by atoms with Gasteiger partial charge in [0.15, 0.2) is 0 Å². The van der Waals surface area contributed by atoms with Crippen molar-refractivity contribution < 1.29 is 9.53 Å². The predicted molar refractivity (Wildman–Crippen MR) is 82.7 cm³/mol. The molecule has 2 rings (SSSR count). The van der Waals surface area contributed by atoms with E-state index in [2.05, 4.69) is 31.9 Å². The lowest BCUT2D eigenvalue weighted by Crippen LogP contribution is -2.04. The summed E-state index contributed by atoms with van der Waals surface area (Å²) >= 11 is 6.85. The van der Waals surface area contributed by atoms with Crippen LogP contribution in [0.1, 0.15) is 28.9 Å². The summed E-state index contributed by atoms with van der Waals surface area (Å²) in [7, 11) is 0. The molecule has 19 heavy (non-hydrogen) atoms. The summed E-state index contributed by atoms with van der Waals surface area (Å²) in [6, 6.07) is 13.5. The minimum atomic E-state index is -0.0733. The van der Waals surface area contributed by atoms with E-state index in [0.717, 1.165) is 20.8 Å². The summed E-state index contributed by atoms with van der Waals surface area (Å²) in [4.78, 5) is 10.8. The number of hydrogen-bond donors (Lipinski definition) is 0. The fourth-order valence-corrected chi connectivity index (χ4v) is 3.14. The van der Waals surface area contributed by atoms with Crippen LogP contribution >= 0.6 is 31.9 Å². The molecule has 0 heterocycles. The van der Waals surface area contributed by atoms with Crippen molar-refractivity contribution in [3.63, 3.8) is 0 Å². The van der Waals surface area contributed by atoms with Gasteiger partial charge >= 0.3 is 0 Å². The highest BCUT2D eigenvalue weighted by Gasteiger charge is 2.13. The fourth-order valence-electron chi connectivity index (χ4n) is 1.73. The molecule has 0 aliphatic carbocycles. The van der Waals surface area contributed by atoms with E-state index in [1.165, 1.54) is 0 Å². The van der Waals surface area contributed by atoms with Crippen LogP contribution in [-0.2, 0) is 0 Å². The number of rotatable bonds is 4. The van der Waals surface area contributed by atoms with E-state index in [1.807, 2.05) is 37.3 Å². The third-order valence-electron chi connectivity index (χ3n) is 2.72. The zero-order valence-corrected chi connectivity index (χ0v) is 13.4. The second-order valence-electron chi connectivity index (χ2n) is 4.10. The van der Waals surface area contributed by atoms with Gasteiger partial charge in [0.05, 0.1) is 8.95 Å². The number of ether oxygens (including phenoxy) is 1. The Balaban J connectivity index is 2.27. The molecular formula is C15H12Br2O2. The number of aldehydes is 1. The van der Waals surface area contributed by atoms with Crippen LogP contribution < -0.4 is 4.74 Å². The topological polar surface area (TPSA) is 26.3 Å². The number of hydrogen-bond acceptors (Lipinski definition) is 2. The molecule has 0 aromatic heterocycles. The summed E-state index contributed by atoms with van der Waals surface area (Å²) in [5, 5.41) is 0. The Kier molecular flexibility index (Phi) is 4.77. The van der Waals surface area contributed by atoms with Crippen molar-refractivity contribution in [2.24, 2.45) is 0 Å². The quantitative estimate of drug-likeness (QED) is 0.681. The summed E-state index contributed by atoms with van der Waals surface area (Å²) < 4.78 is 7.46. The maximum atomic E-state index is 10.8. The maximum Gasteiger partial charge on any atom is 0.150 e. The van der Waals surface area contributed by atoms with Crippen LogP contribution in [0.15, 0.2) is 51.4 Å². The number of carbonyl (C=O) groups excluding carboxylic acids is 1. The van der Waals surface area contributed by atoms with Crippen molar-refractivity contribution in [1.29, 1.82) is 0 Å². The summed E-state index contributed by atoms with van der Waals surface area (Å²) in [6.45, 7) is 1.99. The molecule has 0 bridgehead atoms. The average Bonchev–Trinajstić information content (AvgIpc) is 2.43. The Bertz CT molecular complexity index is 559. The minimum Gasteiger partial charge on any atom is -0.484 e. The second kappa shape index (κ2) is 6.35. The molecule has 0 saturated carbocycles. The van der Waals surface area contributed by atoms with Gasteiger partial charge in [-0.15, -0.1) is 0 Å². The van der Waals surface area contributed by atoms with Crippen molar-refractivity contribution in [2.75, 3.05) is 0 Å². The van der Waals surface area contributed by atoms with Gasteiger partial charge < -0.3 is 4.74 Å². The average molecular weight is 384 g/mol. The summed E-state index contributed by atoms with van der Waals surface area (Å²) in [6.07, 6.45) is 0.732. The Morgan fingerprint density at radius 2 is 1.68 bits per heavy atom. The Morgan fingerprint density at radius 3 is 2.21 bits per heavy atom. The fraction of sp³-hybridized carbons (Fsp3) is 0.133. The Hall–Kier alpha value is -1.13. The maximum absolute atomic E-state index is 10.8. The van der Waals surface area contributed by atoms with Crippen LogP contribution in [0.3, 0.4) is 0 Å². The van der Waals surface area contributed by atoms with Crippen LogP contribution in [0.5, 0.6) is 5.75 Å². The SMILES string of the molecule is CC(Oc1c(Br)cc(C=O)cc1Br)c1ccccc1. The molecule has 2 aromatic carbocycles. The summed E-state index contributed by atoms with van der Waals surface area (Å²) in [5.41, 5.74) is 1.69. The van der Waals surface area contributed by atoms with Crippen LogP contribution in [-0.4, -0.2) is 6.29 Å². The normalized spacial score (nSPS) is 11.9. The Morgan fingerprint density at radius 1 is 1.11 bits per heavy atom. The molecule has 0 spiro atoms. The van der Waals surface area contributed by atoms with Gasteiger partial charge in [-0.05, 0) is 56.5 Å². The molecule has 0 fully saturated rings. The molecule has 1 unspecified atom stereocenters. The van der Waals surface area contributed by atoms with E-state index < -0.39 is 0 Å². The first-order valence-corrected chi connectivity index (χ1v) is 7.36. The van der Waals surface area contributed by atoms with Crippen molar-refractivity contribution in [3.05, 3.63) is 62.5 Å². The number of benzene rings is 2. The molecular weight excluding hydrogens is 372 g/mol. The highest BCUT2D eigenvalue weighted by atomic mass is 79.9. The molecule has 0 saturated heterocycles. The van der Waals surface area contributed by atoms with Crippen LogP contribution in [0.2, 0.25) is 0 Å². The first-order valence-electron chi connectivity index (χ1n) is 5.77. The molecule has 2 aromatic rings. The molecule has 0 aliphatic heterocycles. The van der Waals surface area contributed by atoms with Gasteiger partial charge in [-0.25, -0.2) is 0 Å². The summed E-state index contributed by atoms with van der Waals surface area (Å²) in [5.74, 6) is 0.696. The molecule has 1 atom stereocenters. The van der Waals surface area contributed by atoms with Crippen molar-refractivity contribution in [1.82, 2.24) is 0 Å². The van der Waals surface area contributed by atoms with Gasteiger partial charge in [0, 0.05) is 5.56 Å². The van der Waals surface area contributed by atoms with Gasteiger partial charge in [0.1, 0.15) is 18.1 Å². The number of halogens is 2. The smallest absolute Gasteiger partial charge is 0.150 e. The van der Waals surface area contributed by atoms with E-state index in [9.17, 15) is 4.79 Å². The van der Waals surface area contributed by atoms with E-state index in [-0.39, 0.29) is 6.10 Å². The molecule has 0 aliphatic rings. The highest BCUT2D eigenvalue weighted by Crippen LogP contribution is 2.37. The van der Waals surface area contributed by atoms with Crippen molar-refractivity contribution in [3.8, 4) is 5.75 Å². The first kappa shape index (κ1) is 14.3. The van der Waals surface area contributed by atoms with Crippen LogP contribution in [0.25, 0.3) is 0 Å². The Labute approximate surface area is 129 Å². The van der Waals surface area contributed by atoms with Gasteiger partial charge in [-0.3, -0.25) is 4.79 Å². The zero-order chi connectivity index (χ0) is 13.8. The van der Waals surface area contributed by atoms with E-state index >= 15 is 0 Å². The first-order chi connectivity index (χ1) is 9.11. The highest BCUT2D eigenvalue weighted by molar-refractivity contribution is 9.11. The third-order valence-corrected chi connectivity index (χ3v) is 3.90. The van der Waals surface area contributed by atoms with Crippen molar-refractivity contribution >= 4 is 38.1 Å². The standard InChI is InChI=1S/C15H12Br2O2/c1-10(12-5-3-2-4-6-12)19-15-13(16)7-11(9-18)8-14(15)17/h2-10H,1H3. The second-order valence-corrected chi connectivity index (χ2v) is 5.81. The van der Waals surface area contributed by atoms with Crippen LogP contribution in [0.4, 0.5) is 0 Å². The molecule has 4 heteroatoms. The van der Waals surface area contributed by atoms with Gasteiger partial charge in [-0.2, -0.15) is 0 Å². The van der Waals surface area contributed by atoms with Gasteiger partial charge in [0.2, 0.25) is 0 Å². The third kappa shape index (κ3) is 3.45. The van der Waals surface area contributed by atoms with Gasteiger partial charge in [-0.1, -0.05) is 30.3 Å². The van der Waals surface area contributed by atoms with E-state index in [4.69, 9.17) is 4.74 Å². The van der Waals surface area contributed by atoms with E-state index in [0.29, 0.717) is 11.3 Å². The molecule has 0 N–H and O–H groups in total. The molecule has 0 amide bonds. The monoisotopic (exact) mass is 382 g/mol. The molecule has 0 radical (unpaired) electrons. The van der Waals surface area contributed by atoms with Gasteiger partial charge in [0.25, 0.3) is 0 Å². The largest absolute Gasteiger partial charge is 0.484 e. The molecule has 2 nitrogen and oxygen atoms in total. The lowest BCUT2D eigenvalue weighted by molar-refractivity contribution is 0.112. The van der Waals surface area contributed by atoms with E-state index in [1.54, 1.807) is 12.1 Å². The lowest BCUT2D eigenvalue weighted by atomic mass is 10.1. The minimum absolute atomic E-state index is 0.0733. The van der Waals surface area contributed by atoms with Crippen LogP contribution in [0, 0.1) is 0 Å². The number of carbonyl (C=O) groups is 1. The predicted octanol–water partition coefficient (Wildman–Crippen LogP) is 5.16. The zero-order valence-electron chi connectivity index (χ0n) is 10.3. The van der Waals surface area contributed by atoms with Crippen molar-refractivity contribution in [2.45, 2.75) is 13.0 Å². The lowest BCUT2D eigenvalue weighted by Gasteiger charge is -2.17.